The van der Waals surface area contributed by atoms with Crippen LogP contribution in [0.4, 0.5) is 24.1 Å². The summed E-state index contributed by atoms with van der Waals surface area (Å²) in [7, 11) is 0. The highest BCUT2D eigenvalue weighted by Gasteiger charge is 2.58. The van der Waals surface area contributed by atoms with Gasteiger partial charge in [0, 0.05) is 37.4 Å². The van der Waals surface area contributed by atoms with Gasteiger partial charge in [-0.2, -0.15) is 5.26 Å². The Morgan fingerprint density at radius 3 is 2.54 bits per heavy atom. The van der Waals surface area contributed by atoms with Crippen LogP contribution in [-0.4, -0.2) is 53.2 Å². The minimum absolute atomic E-state index is 0.00366. The van der Waals surface area contributed by atoms with Gasteiger partial charge in [-0.1, -0.05) is 12.1 Å². The van der Waals surface area contributed by atoms with Crippen LogP contribution in [0.25, 0.3) is 0 Å². The number of amides is 3. The van der Waals surface area contributed by atoms with Crippen LogP contribution in [-0.2, 0) is 10.2 Å². The van der Waals surface area contributed by atoms with Gasteiger partial charge in [0.25, 0.3) is 0 Å². The number of hydrogen-bond donors (Lipinski definition) is 1. The molecule has 2 aromatic rings. The highest BCUT2D eigenvalue weighted by atomic mass is 19.2. The topological polar surface area (TPSA) is 85.7 Å². The van der Waals surface area contributed by atoms with Crippen molar-refractivity contribution in [1.82, 2.24) is 9.80 Å². The van der Waals surface area contributed by atoms with Gasteiger partial charge in [0.1, 0.15) is 5.60 Å². The monoisotopic (exact) mass is 564 g/mol. The highest BCUT2D eigenvalue weighted by molar-refractivity contribution is 5.89. The Morgan fingerprint density at radius 1 is 1.12 bits per heavy atom. The Balaban J connectivity index is 1.28. The van der Waals surface area contributed by atoms with E-state index in [9.17, 15) is 23.6 Å². The van der Waals surface area contributed by atoms with Crippen molar-refractivity contribution in [2.75, 3.05) is 25.0 Å². The molecule has 2 aromatic carbocycles. The number of halogens is 2. The molecule has 0 radical (unpaired) electrons. The molecule has 1 heterocycles. The predicted molar refractivity (Wildman–Crippen MR) is 151 cm³/mol. The number of urea groups is 1. The van der Waals surface area contributed by atoms with E-state index in [0.29, 0.717) is 31.1 Å². The summed E-state index contributed by atoms with van der Waals surface area (Å²) in [6, 6.07) is 13.1. The molecule has 5 rings (SSSR count). The SMILES string of the molecule is CC(C)(C)OC(=O)N1CCC(CN(C(=O)Nc2ccc(F)c(F)c2)[C@@H]2CC[C@]3(c4cccc(C#N)c4)C[C@@H]3C2)CC1. The molecule has 3 fully saturated rings. The number of rotatable bonds is 5. The van der Waals surface area contributed by atoms with E-state index < -0.39 is 17.2 Å². The first-order valence-electron chi connectivity index (χ1n) is 14.5. The molecule has 3 atom stereocenters. The van der Waals surface area contributed by atoms with Gasteiger partial charge >= 0.3 is 12.1 Å². The van der Waals surface area contributed by atoms with E-state index in [-0.39, 0.29) is 35.2 Å². The van der Waals surface area contributed by atoms with Crippen LogP contribution in [0.5, 0.6) is 0 Å². The maximum Gasteiger partial charge on any atom is 0.410 e. The molecule has 1 N–H and O–H groups in total. The second kappa shape index (κ2) is 11.3. The van der Waals surface area contributed by atoms with Crippen LogP contribution >= 0.6 is 0 Å². The van der Waals surface area contributed by atoms with Gasteiger partial charge in [0.2, 0.25) is 0 Å². The fourth-order valence-corrected chi connectivity index (χ4v) is 6.62. The lowest BCUT2D eigenvalue weighted by molar-refractivity contribution is 0.0166. The van der Waals surface area contributed by atoms with Gasteiger partial charge < -0.3 is 19.9 Å². The molecular weight excluding hydrogens is 526 g/mol. The molecule has 0 aromatic heterocycles. The Kier molecular flexibility index (Phi) is 7.95. The minimum Gasteiger partial charge on any atom is -0.444 e. The minimum atomic E-state index is -1.01. The standard InChI is InChI=1S/C32H38F2N4O3/c1-31(2,3)41-30(40)37-13-10-21(11-14-37)20-38(29(39)36-25-7-8-27(33)28(34)17-25)26-9-12-32(18-24(32)16-26)23-6-4-5-22(15-23)19-35/h4-8,15,17,21,24,26H,9-14,16,18,20H2,1-3H3,(H,36,39)/t24-,26+,32+/m0/s1. The molecule has 9 heteroatoms. The van der Waals surface area contributed by atoms with Crippen molar-refractivity contribution >= 4 is 17.8 Å². The first kappa shape index (κ1) is 28.8. The number of carbonyl (C=O) groups is 2. The smallest absolute Gasteiger partial charge is 0.410 e. The van der Waals surface area contributed by atoms with Crippen LogP contribution in [0.2, 0.25) is 0 Å². The van der Waals surface area contributed by atoms with Gasteiger partial charge in [-0.25, -0.2) is 18.4 Å². The number of nitriles is 1. The van der Waals surface area contributed by atoms with Crippen LogP contribution in [0, 0.1) is 34.8 Å². The zero-order valence-corrected chi connectivity index (χ0v) is 24.0. The molecule has 0 spiro atoms. The third kappa shape index (κ3) is 6.47. The van der Waals surface area contributed by atoms with E-state index in [0.717, 1.165) is 50.7 Å². The molecule has 3 amide bonds. The number of fused-ring (bicyclic) bond motifs is 1. The lowest BCUT2D eigenvalue weighted by Crippen LogP contribution is -2.49. The average molecular weight is 565 g/mol. The average Bonchev–Trinajstić information content (AvgIpc) is 3.68. The maximum absolute atomic E-state index is 13.9. The van der Waals surface area contributed by atoms with E-state index in [1.165, 1.54) is 11.6 Å². The van der Waals surface area contributed by atoms with Crippen molar-refractivity contribution in [2.24, 2.45) is 11.8 Å². The Hall–Kier alpha value is -3.67. The summed E-state index contributed by atoms with van der Waals surface area (Å²) in [5.41, 5.74) is 1.58. The lowest BCUT2D eigenvalue weighted by atomic mass is 9.79. The molecule has 7 nitrogen and oxygen atoms in total. The van der Waals surface area contributed by atoms with Gasteiger partial charge in [0.05, 0.1) is 11.6 Å². The Labute approximate surface area is 240 Å². The summed E-state index contributed by atoms with van der Waals surface area (Å²) in [5.74, 6) is -1.36. The molecule has 1 saturated heterocycles. The number of likely N-dealkylation sites (tertiary alicyclic amines) is 1. The second-order valence-corrected chi connectivity index (χ2v) is 12.8. The molecule has 3 aliphatic rings. The van der Waals surface area contributed by atoms with Crippen LogP contribution in [0.3, 0.4) is 0 Å². The molecule has 218 valence electrons. The third-order valence-electron chi connectivity index (χ3n) is 8.87. The molecule has 2 aliphatic carbocycles. The second-order valence-electron chi connectivity index (χ2n) is 12.8. The van der Waals surface area contributed by atoms with E-state index in [2.05, 4.69) is 17.5 Å². The van der Waals surface area contributed by atoms with Crippen molar-refractivity contribution in [1.29, 1.82) is 5.26 Å². The zero-order valence-electron chi connectivity index (χ0n) is 24.0. The van der Waals surface area contributed by atoms with Crippen LogP contribution in [0.1, 0.15) is 70.4 Å². The van der Waals surface area contributed by atoms with Crippen molar-refractivity contribution in [3.8, 4) is 6.07 Å². The highest BCUT2D eigenvalue weighted by Crippen LogP contribution is 2.63. The molecule has 0 unspecified atom stereocenters. The summed E-state index contributed by atoms with van der Waals surface area (Å²) in [5, 5.41) is 12.2. The Bertz CT molecular complexity index is 1350. The van der Waals surface area contributed by atoms with E-state index in [4.69, 9.17) is 4.74 Å². The number of nitrogens with zero attached hydrogens (tertiary/aromatic N) is 3. The van der Waals surface area contributed by atoms with Crippen molar-refractivity contribution < 1.29 is 23.1 Å². The summed E-state index contributed by atoms with van der Waals surface area (Å²) < 4.78 is 32.9. The van der Waals surface area contributed by atoms with Crippen molar-refractivity contribution in [3.05, 3.63) is 65.2 Å². The molecule has 41 heavy (non-hydrogen) atoms. The van der Waals surface area contributed by atoms with Gasteiger partial charge in [0.15, 0.2) is 11.6 Å². The number of ether oxygens (including phenoxy) is 1. The zero-order chi connectivity index (χ0) is 29.4. The largest absolute Gasteiger partial charge is 0.444 e. The third-order valence-corrected chi connectivity index (χ3v) is 8.87. The summed E-state index contributed by atoms with van der Waals surface area (Å²) in [6.45, 7) is 7.18. The van der Waals surface area contributed by atoms with Gasteiger partial charge in [-0.15, -0.1) is 0 Å². The summed E-state index contributed by atoms with van der Waals surface area (Å²) >= 11 is 0. The van der Waals surface area contributed by atoms with E-state index in [1.54, 1.807) is 4.90 Å². The number of anilines is 1. The van der Waals surface area contributed by atoms with E-state index in [1.807, 2.05) is 43.9 Å². The normalized spacial score (nSPS) is 24.1. The van der Waals surface area contributed by atoms with Crippen LogP contribution < -0.4 is 5.32 Å². The fourth-order valence-electron chi connectivity index (χ4n) is 6.62. The van der Waals surface area contributed by atoms with Gasteiger partial charge in [-0.3, -0.25) is 0 Å². The van der Waals surface area contributed by atoms with Gasteiger partial charge in [-0.05, 0) is 106 Å². The number of hydrogen-bond acceptors (Lipinski definition) is 4. The molecule has 0 bridgehead atoms. The quantitative estimate of drug-likeness (QED) is 0.432. The molecular formula is C32H38F2N4O3. The summed E-state index contributed by atoms with van der Waals surface area (Å²) in [4.78, 5) is 29.8. The summed E-state index contributed by atoms with van der Waals surface area (Å²) in [6.07, 6.45) is 4.79. The number of piperidine rings is 1. The molecule has 1 aliphatic heterocycles. The molecule has 2 saturated carbocycles. The lowest BCUT2D eigenvalue weighted by Gasteiger charge is -2.40. The van der Waals surface area contributed by atoms with Crippen molar-refractivity contribution in [2.45, 2.75) is 76.4 Å². The fraction of sp³-hybridized carbons (Fsp3) is 0.531. The first-order valence-corrected chi connectivity index (χ1v) is 14.5. The number of nitrogens with one attached hydrogen (secondary N) is 1. The predicted octanol–water partition coefficient (Wildman–Crippen LogP) is 6.83. The van der Waals surface area contributed by atoms with Crippen LogP contribution in [0.15, 0.2) is 42.5 Å². The first-order chi connectivity index (χ1) is 19.5. The number of benzene rings is 2. The Morgan fingerprint density at radius 2 is 1.88 bits per heavy atom. The van der Waals surface area contributed by atoms with Crippen molar-refractivity contribution in [3.63, 3.8) is 0 Å². The maximum atomic E-state index is 13.9. The van der Waals surface area contributed by atoms with E-state index >= 15 is 0 Å². The number of carbonyl (C=O) groups excluding carboxylic acids is 2.